The maximum Gasteiger partial charge on any atom is 0.237 e. The highest BCUT2D eigenvalue weighted by atomic mass is 16.3. The first-order valence-corrected chi connectivity index (χ1v) is 10.0. The standard InChI is InChI=1S/C23H30N4O5/c1-4-8-16(19(5-2)25-3)21(30)11-15(13-28)27-23(32)18(24)12-22(31)17-9-6-7-10-20(17)26-14-29/h4-10,13,15,18,25-26,29H,1,11-12,14,24H2,2-3H3,(H,27,32)/b16-8+,19-5+. The summed E-state index contributed by atoms with van der Waals surface area (Å²) >= 11 is 0. The number of nitrogens with one attached hydrogen (secondary N) is 3. The van der Waals surface area contributed by atoms with Gasteiger partial charge in [-0.15, -0.1) is 0 Å². The van der Waals surface area contributed by atoms with Gasteiger partial charge in [0.15, 0.2) is 11.6 Å². The van der Waals surface area contributed by atoms with Crippen molar-refractivity contribution in [2.45, 2.75) is 31.8 Å². The van der Waals surface area contributed by atoms with Gasteiger partial charge in [0.1, 0.15) is 13.0 Å². The molecule has 0 aromatic heterocycles. The van der Waals surface area contributed by atoms with Gasteiger partial charge in [-0.1, -0.05) is 30.9 Å². The van der Waals surface area contributed by atoms with Crippen LogP contribution in [0.5, 0.6) is 0 Å². The summed E-state index contributed by atoms with van der Waals surface area (Å²) in [5, 5.41) is 17.0. The van der Waals surface area contributed by atoms with Crippen molar-refractivity contribution >= 4 is 29.4 Å². The number of nitrogens with two attached hydrogens (primary N) is 1. The second-order valence-electron chi connectivity index (χ2n) is 6.76. The normalized spacial score (nSPS) is 13.5. The number of rotatable bonds is 14. The molecule has 0 saturated heterocycles. The number of carbonyl (C=O) groups excluding carboxylic acids is 4. The average Bonchev–Trinajstić information content (AvgIpc) is 2.79. The van der Waals surface area contributed by atoms with Crippen LogP contribution in [0.3, 0.4) is 0 Å². The summed E-state index contributed by atoms with van der Waals surface area (Å²) in [6, 6.07) is 4.16. The molecule has 172 valence electrons. The Hall–Kier alpha value is -3.56. The highest BCUT2D eigenvalue weighted by molar-refractivity contribution is 6.04. The number of likely N-dealkylation sites (N-methyl/N-ethyl adjacent to an activating group) is 1. The molecule has 1 amide bonds. The number of hydrogen-bond acceptors (Lipinski definition) is 8. The van der Waals surface area contributed by atoms with Crippen LogP contribution in [0, 0.1) is 0 Å². The van der Waals surface area contributed by atoms with Crippen LogP contribution in [-0.2, 0) is 14.4 Å². The number of ketones is 2. The van der Waals surface area contributed by atoms with Gasteiger partial charge in [0.2, 0.25) is 5.91 Å². The number of Topliss-reactive ketones (excluding diaryl/α,β-unsaturated/α-hetero) is 2. The molecule has 9 heteroatoms. The average molecular weight is 443 g/mol. The first-order valence-electron chi connectivity index (χ1n) is 10.0. The van der Waals surface area contributed by atoms with Crippen molar-refractivity contribution in [3.63, 3.8) is 0 Å². The van der Waals surface area contributed by atoms with Gasteiger partial charge in [-0.2, -0.15) is 0 Å². The van der Waals surface area contributed by atoms with E-state index in [0.717, 1.165) is 0 Å². The number of anilines is 1. The van der Waals surface area contributed by atoms with Crippen molar-refractivity contribution in [1.82, 2.24) is 10.6 Å². The smallest absolute Gasteiger partial charge is 0.237 e. The molecular formula is C23H30N4O5. The first-order chi connectivity index (χ1) is 15.3. The van der Waals surface area contributed by atoms with Crippen LogP contribution in [-0.4, -0.2) is 54.7 Å². The molecule has 0 bridgehead atoms. The van der Waals surface area contributed by atoms with E-state index >= 15 is 0 Å². The minimum absolute atomic E-state index is 0.275. The lowest BCUT2D eigenvalue weighted by molar-refractivity contribution is -0.126. The van der Waals surface area contributed by atoms with Crippen LogP contribution in [0.4, 0.5) is 5.69 Å². The summed E-state index contributed by atoms with van der Waals surface area (Å²) < 4.78 is 0. The molecule has 9 nitrogen and oxygen atoms in total. The maximum absolute atomic E-state index is 12.7. The Morgan fingerprint density at radius 1 is 1.22 bits per heavy atom. The number of aliphatic hydroxyl groups is 1. The van der Waals surface area contributed by atoms with Crippen molar-refractivity contribution < 1.29 is 24.3 Å². The zero-order valence-electron chi connectivity index (χ0n) is 18.3. The maximum atomic E-state index is 12.7. The summed E-state index contributed by atoms with van der Waals surface area (Å²) in [5.41, 5.74) is 7.43. The van der Waals surface area contributed by atoms with E-state index in [2.05, 4.69) is 22.5 Å². The predicted molar refractivity (Wildman–Crippen MR) is 123 cm³/mol. The van der Waals surface area contributed by atoms with Crippen molar-refractivity contribution in [1.29, 1.82) is 0 Å². The lowest BCUT2D eigenvalue weighted by Gasteiger charge is -2.18. The topological polar surface area (TPSA) is 151 Å². The van der Waals surface area contributed by atoms with Gasteiger partial charge in [0.05, 0.1) is 12.1 Å². The number of carbonyl (C=O) groups is 4. The Morgan fingerprint density at radius 2 is 1.91 bits per heavy atom. The van der Waals surface area contributed by atoms with Crippen LogP contribution in [0.2, 0.25) is 0 Å². The summed E-state index contributed by atoms with van der Waals surface area (Å²) in [5.74, 6) is -1.52. The molecule has 0 spiro atoms. The minimum Gasteiger partial charge on any atom is -0.388 e. The molecule has 0 aliphatic carbocycles. The highest BCUT2D eigenvalue weighted by Gasteiger charge is 2.24. The number of amides is 1. The summed E-state index contributed by atoms with van der Waals surface area (Å²) in [6.45, 7) is 4.97. The number of aldehydes is 1. The monoisotopic (exact) mass is 442 g/mol. The molecule has 6 N–H and O–H groups in total. The lowest BCUT2D eigenvalue weighted by atomic mass is 9.99. The Balaban J connectivity index is 2.83. The van der Waals surface area contributed by atoms with Crippen LogP contribution >= 0.6 is 0 Å². The third-order valence-corrected chi connectivity index (χ3v) is 4.57. The van der Waals surface area contributed by atoms with Gasteiger partial charge in [0.25, 0.3) is 0 Å². The van der Waals surface area contributed by atoms with Gasteiger partial charge >= 0.3 is 0 Å². The molecule has 0 aliphatic heterocycles. The molecule has 2 atom stereocenters. The van der Waals surface area contributed by atoms with E-state index in [9.17, 15) is 19.2 Å². The van der Waals surface area contributed by atoms with Crippen LogP contribution in [0.1, 0.15) is 30.1 Å². The van der Waals surface area contributed by atoms with Crippen molar-refractivity contribution in [3.8, 4) is 0 Å². The van der Waals surface area contributed by atoms with E-state index in [1.807, 2.05) is 0 Å². The molecule has 1 aromatic rings. The van der Waals surface area contributed by atoms with Crippen molar-refractivity contribution in [2.24, 2.45) is 5.73 Å². The summed E-state index contributed by atoms with van der Waals surface area (Å²) in [7, 11) is 1.66. The zero-order chi connectivity index (χ0) is 24.1. The molecule has 1 rings (SSSR count). The molecule has 0 heterocycles. The molecule has 0 fully saturated rings. The number of allylic oxidation sites excluding steroid dienone is 4. The van der Waals surface area contributed by atoms with Gasteiger partial charge in [-0.05, 0) is 25.1 Å². The third-order valence-electron chi connectivity index (χ3n) is 4.57. The number of hydrogen-bond donors (Lipinski definition) is 5. The minimum atomic E-state index is -1.23. The fourth-order valence-electron chi connectivity index (χ4n) is 2.99. The molecule has 0 saturated carbocycles. The molecule has 2 unspecified atom stereocenters. The van der Waals surface area contributed by atoms with E-state index < -0.39 is 23.8 Å². The van der Waals surface area contributed by atoms with Crippen LogP contribution in [0.25, 0.3) is 0 Å². The first kappa shape index (κ1) is 26.5. The fourth-order valence-corrected chi connectivity index (χ4v) is 2.99. The Labute approximate surface area is 187 Å². The van der Waals surface area contributed by atoms with Gasteiger partial charge < -0.3 is 31.6 Å². The fraction of sp³-hybridized carbons (Fsp3) is 0.304. The molecule has 32 heavy (non-hydrogen) atoms. The highest BCUT2D eigenvalue weighted by Crippen LogP contribution is 2.17. The van der Waals surface area contributed by atoms with E-state index in [1.54, 1.807) is 44.3 Å². The molecular weight excluding hydrogens is 412 g/mol. The molecule has 0 aliphatic rings. The molecule has 1 aromatic carbocycles. The Kier molecular flexibility index (Phi) is 11.3. The number of para-hydroxylation sites is 1. The SMILES string of the molecule is C=C/C=C(C(=O)CC(C=O)NC(=O)C(N)CC(=O)c1ccccc1NCO)\C(=C/C)NC. The third kappa shape index (κ3) is 7.60. The largest absolute Gasteiger partial charge is 0.388 e. The zero-order valence-corrected chi connectivity index (χ0v) is 18.3. The van der Waals surface area contributed by atoms with Crippen LogP contribution < -0.4 is 21.7 Å². The van der Waals surface area contributed by atoms with E-state index in [0.29, 0.717) is 23.2 Å². The van der Waals surface area contributed by atoms with Gasteiger partial charge in [0, 0.05) is 42.4 Å². The Bertz CT molecular complexity index is 907. The summed E-state index contributed by atoms with van der Waals surface area (Å²) in [4.78, 5) is 49.1. The van der Waals surface area contributed by atoms with E-state index in [-0.39, 0.29) is 30.9 Å². The van der Waals surface area contributed by atoms with Crippen molar-refractivity contribution in [2.75, 3.05) is 19.1 Å². The Morgan fingerprint density at radius 3 is 2.47 bits per heavy atom. The lowest BCUT2D eigenvalue weighted by Crippen LogP contribution is -2.47. The quantitative estimate of drug-likeness (QED) is 0.0934. The second-order valence-corrected chi connectivity index (χ2v) is 6.76. The van der Waals surface area contributed by atoms with E-state index in [4.69, 9.17) is 10.8 Å². The van der Waals surface area contributed by atoms with E-state index in [1.165, 1.54) is 12.2 Å². The van der Waals surface area contributed by atoms with Crippen LogP contribution in [0.15, 0.2) is 60.3 Å². The predicted octanol–water partition coefficient (Wildman–Crippen LogP) is 0.827. The van der Waals surface area contributed by atoms with Gasteiger partial charge in [-0.3, -0.25) is 14.4 Å². The summed E-state index contributed by atoms with van der Waals surface area (Å²) in [6.07, 6.45) is 4.52. The number of aliphatic hydroxyl groups excluding tert-OH is 1. The second kappa shape index (κ2) is 13.7. The van der Waals surface area contributed by atoms with Crippen molar-refractivity contribution in [3.05, 3.63) is 65.9 Å². The number of benzene rings is 1. The van der Waals surface area contributed by atoms with Gasteiger partial charge in [-0.25, -0.2) is 0 Å². The molecule has 0 radical (unpaired) electrons.